The Morgan fingerprint density at radius 1 is 1.56 bits per heavy atom. The summed E-state index contributed by atoms with van der Waals surface area (Å²) in [4.78, 5) is 0. The summed E-state index contributed by atoms with van der Waals surface area (Å²) in [5.74, 6) is 0.601. The predicted molar refractivity (Wildman–Crippen MR) is 70.6 cm³/mol. The summed E-state index contributed by atoms with van der Waals surface area (Å²) in [6, 6.07) is 5.82. The largest absolute Gasteiger partial charge is 0.399 e. The Balaban J connectivity index is 1.94. The Morgan fingerprint density at radius 3 is 3.00 bits per heavy atom. The molecule has 1 aromatic carbocycles. The minimum Gasteiger partial charge on any atom is -0.399 e. The van der Waals surface area contributed by atoms with E-state index >= 15 is 0 Å². The number of rotatable bonds is 3. The summed E-state index contributed by atoms with van der Waals surface area (Å²) in [7, 11) is 0. The van der Waals surface area contributed by atoms with Crippen molar-refractivity contribution in [3.8, 4) is 0 Å². The molecule has 0 amide bonds. The average molecular weight is 285 g/mol. The van der Waals surface area contributed by atoms with Crippen molar-refractivity contribution in [1.82, 2.24) is 0 Å². The van der Waals surface area contributed by atoms with Gasteiger partial charge >= 0.3 is 0 Å². The molecule has 1 aromatic rings. The smallest absolute Gasteiger partial charge is 0.0592 e. The molecule has 0 bridgehead atoms. The molecule has 4 heteroatoms. The Morgan fingerprint density at radius 2 is 2.38 bits per heavy atom. The molecule has 1 aliphatic rings. The first kappa shape index (κ1) is 11.7. The predicted octanol–water partition coefficient (Wildman–Crippen LogP) is 2.87. The second-order valence-electron chi connectivity index (χ2n) is 4.24. The van der Waals surface area contributed by atoms with Crippen molar-refractivity contribution >= 4 is 27.3 Å². The van der Waals surface area contributed by atoms with Crippen LogP contribution >= 0.6 is 15.9 Å². The third-order valence-corrected chi connectivity index (χ3v) is 3.74. The minimum absolute atomic E-state index is 0.361. The number of anilines is 2. The van der Waals surface area contributed by atoms with E-state index < -0.39 is 0 Å². The van der Waals surface area contributed by atoms with Crippen LogP contribution in [0.1, 0.15) is 13.3 Å². The van der Waals surface area contributed by atoms with Gasteiger partial charge in [0, 0.05) is 34.9 Å². The van der Waals surface area contributed by atoms with E-state index in [1.54, 1.807) is 0 Å². The highest BCUT2D eigenvalue weighted by Crippen LogP contribution is 2.26. The Labute approximate surface area is 104 Å². The molecular formula is C12H17BrN2O. The molecule has 1 saturated heterocycles. The van der Waals surface area contributed by atoms with Crippen LogP contribution in [0.5, 0.6) is 0 Å². The number of ether oxygens (including phenoxy) is 1. The van der Waals surface area contributed by atoms with E-state index in [0.29, 0.717) is 12.0 Å². The number of halogens is 1. The van der Waals surface area contributed by atoms with Gasteiger partial charge in [0.1, 0.15) is 0 Å². The number of hydrogen-bond acceptors (Lipinski definition) is 3. The molecule has 0 radical (unpaired) electrons. The van der Waals surface area contributed by atoms with Crippen LogP contribution in [-0.2, 0) is 4.74 Å². The average Bonchev–Trinajstić information content (AvgIpc) is 2.63. The van der Waals surface area contributed by atoms with Gasteiger partial charge in [-0.05, 0) is 47.5 Å². The van der Waals surface area contributed by atoms with Gasteiger partial charge in [0.15, 0.2) is 0 Å². The van der Waals surface area contributed by atoms with Crippen LogP contribution in [-0.4, -0.2) is 19.3 Å². The lowest BCUT2D eigenvalue weighted by Gasteiger charge is -2.16. The van der Waals surface area contributed by atoms with Crippen LogP contribution in [0.4, 0.5) is 11.4 Å². The topological polar surface area (TPSA) is 47.3 Å². The number of hydrogen-bond donors (Lipinski definition) is 2. The maximum Gasteiger partial charge on any atom is 0.0592 e. The number of benzene rings is 1. The SMILES string of the molecule is CC1OCCC1CNc1ccc(N)cc1Br. The normalized spacial score (nSPS) is 24.6. The highest BCUT2D eigenvalue weighted by Gasteiger charge is 2.23. The number of nitrogen functional groups attached to an aromatic ring is 1. The zero-order valence-corrected chi connectivity index (χ0v) is 11.0. The number of nitrogens with one attached hydrogen (secondary N) is 1. The van der Waals surface area contributed by atoms with Crippen molar-refractivity contribution in [3.63, 3.8) is 0 Å². The lowest BCUT2D eigenvalue weighted by molar-refractivity contribution is 0.108. The first-order chi connectivity index (χ1) is 7.66. The minimum atomic E-state index is 0.361. The summed E-state index contributed by atoms with van der Waals surface area (Å²) in [5, 5.41) is 3.43. The fourth-order valence-corrected chi connectivity index (χ4v) is 2.50. The van der Waals surface area contributed by atoms with Crippen LogP contribution in [0.25, 0.3) is 0 Å². The van der Waals surface area contributed by atoms with Crippen LogP contribution in [0, 0.1) is 5.92 Å². The van der Waals surface area contributed by atoms with Crippen LogP contribution < -0.4 is 11.1 Å². The molecule has 1 aliphatic heterocycles. The quantitative estimate of drug-likeness (QED) is 0.839. The summed E-state index contributed by atoms with van der Waals surface area (Å²) in [5.41, 5.74) is 7.55. The van der Waals surface area contributed by atoms with E-state index in [1.165, 1.54) is 0 Å². The molecule has 2 unspecified atom stereocenters. The Hall–Kier alpha value is -0.740. The van der Waals surface area contributed by atoms with Gasteiger partial charge in [-0.1, -0.05) is 0 Å². The molecule has 1 heterocycles. The third-order valence-electron chi connectivity index (χ3n) is 3.08. The van der Waals surface area contributed by atoms with Gasteiger partial charge < -0.3 is 15.8 Å². The molecule has 2 rings (SSSR count). The van der Waals surface area contributed by atoms with E-state index in [-0.39, 0.29) is 0 Å². The van der Waals surface area contributed by atoms with Gasteiger partial charge in [0.2, 0.25) is 0 Å². The Kier molecular flexibility index (Phi) is 3.71. The molecule has 16 heavy (non-hydrogen) atoms. The zero-order chi connectivity index (χ0) is 11.5. The van der Waals surface area contributed by atoms with Crippen molar-refractivity contribution in [3.05, 3.63) is 22.7 Å². The van der Waals surface area contributed by atoms with E-state index in [0.717, 1.165) is 35.4 Å². The van der Waals surface area contributed by atoms with Crippen molar-refractivity contribution in [2.75, 3.05) is 24.2 Å². The molecule has 0 saturated carbocycles. The maximum absolute atomic E-state index is 5.69. The van der Waals surface area contributed by atoms with Gasteiger partial charge in [0.25, 0.3) is 0 Å². The standard InChI is InChI=1S/C12H17BrN2O/c1-8-9(4-5-16-8)7-15-12-3-2-10(14)6-11(12)13/h2-3,6,8-9,15H,4-5,7,14H2,1H3. The molecule has 0 spiro atoms. The third kappa shape index (κ3) is 2.68. The van der Waals surface area contributed by atoms with E-state index in [1.807, 2.05) is 18.2 Å². The second kappa shape index (κ2) is 5.06. The fraction of sp³-hybridized carbons (Fsp3) is 0.500. The summed E-state index contributed by atoms with van der Waals surface area (Å²) < 4.78 is 6.54. The molecule has 0 aliphatic carbocycles. The van der Waals surface area contributed by atoms with Gasteiger partial charge in [0.05, 0.1) is 6.10 Å². The molecule has 88 valence electrons. The maximum atomic E-state index is 5.69. The highest BCUT2D eigenvalue weighted by atomic mass is 79.9. The molecule has 1 fully saturated rings. The zero-order valence-electron chi connectivity index (χ0n) is 9.37. The molecule has 0 aromatic heterocycles. The molecular weight excluding hydrogens is 268 g/mol. The monoisotopic (exact) mass is 284 g/mol. The van der Waals surface area contributed by atoms with Gasteiger partial charge in [-0.3, -0.25) is 0 Å². The lowest BCUT2D eigenvalue weighted by Crippen LogP contribution is -2.20. The first-order valence-corrected chi connectivity index (χ1v) is 6.36. The van der Waals surface area contributed by atoms with E-state index in [4.69, 9.17) is 10.5 Å². The van der Waals surface area contributed by atoms with Gasteiger partial charge in [-0.15, -0.1) is 0 Å². The van der Waals surface area contributed by atoms with Gasteiger partial charge in [-0.25, -0.2) is 0 Å². The highest BCUT2D eigenvalue weighted by molar-refractivity contribution is 9.10. The van der Waals surface area contributed by atoms with Crippen molar-refractivity contribution in [2.45, 2.75) is 19.4 Å². The summed E-state index contributed by atoms with van der Waals surface area (Å²) in [6.45, 7) is 3.97. The lowest BCUT2D eigenvalue weighted by atomic mass is 10.0. The first-order valence-electron chi connectivity index (χ1n) is 5.57. The van der Waals surface area contributed by atoms with Crippen LogP contribution in [0.3, 0.4) is 0 Å². The summed E-state index contributed by atoms with van der Waals surface area (Å²) >= 11 is 3.50. The van der Waals surface area contributed by atoms with Crippen molar-refractivity contribution in [2.24, 2.45) is 5.92 Å². The molecule has 2 atom stereocenters. The van der Waals surface area contributed by atoms with E-state index in [2.05, 4.69) is 28.2 Å². The molecule has 3 nitrogen and oxygen atoms in total. The van der Waals surface area contributed by atoms with Crippen LogP contribution in [0.15, 0.2) is 22.7 Å². The van der Waals surface area contributed by atoms with E-state index in [9.17, 15) is 0 Å². The second-order valence-corrected chi connectivity index (χ2v) is 5.10. The molecule has 3 N–H and O–H groups in total. The Bertz CT molecular complexity index is 370. The summed E-state index contributed by atoms with van der Waals surface area (Å²) in [6.07, 6.45) is 1.50. The van der Waals surface area contributed by atoms with Gasteiger partial charge in [-0.2, -0.15) is 0 Å². The van der Waals surface area contributed by atoms with Crippen molar-refractivity contribution < 1.29 is 4.74 Å². The van der Waals surface area contributed by atoms with Crippen molar-refractivity contribution in [1.29, 1.82) is 0 Å². The fourth-order valence-electron chi connectivity index (χ4n) is 1.96. The van der Waals surface area contributed by atoms with Crippen LogP contribution in [0.2, 0.25) is 0 Å². The number of nitrogens with two attached hydrogens (primary N) is 1.